The molecule has 3 aromatic heterocycles. The van der Waals surface area contributed by atoms with Crippen LogP contribution in [0, 0.1) is 5.41 Å². The number of alkyl halides is 1. The lowest BCUT2D eigenvalue weighted by atomic mass is 9.80. The maximum absolute atomic E-state index is 14.5. The molecule has 0 saturated carbocycles. The van der Waals surface area contributed by atoms with Gasteiger partial charge in [-0.1, -0.05) is 20.8 Å². The topological polar surface area (TPSA) is 105 Å². The molecule has 210 valence electrons. The summed E-state index contributed by atoms with van der Waals surface area (Å²) in [4.78, 5) is 28.8. The molecule has 0 aliphatic carbocycles. The van der Waals surface area contributed by atoms with Gasteiger partial charge in [0, 0.05) is 73.3 Å². The van der Waals surface area contributed by atoms with Crippen molar-refractivity contribution >= 4 is 22.8 Å². The van der Waals surface area contributed by atoms with Crippen molar-refractivity contribution in [2.24, 2.45) is 5.41 Å². The normalized spacial score (nSPS) is 22.7. The Morgan fingerprint density at radius 3 is 2.77 bits per heavy atom. The van der Waals surface area contributed by atoms with Crippen LogP contribution in [0.5, 0.6) is 0 Å². The molecule has 2 fully saturated rings. The van der Waals surface area contributed by atoms with Crippen LogP contribution < -0.4 is 10.2 Å². The second kappa shape index (κ2) is 11.2. The van der Waals surface area contributed by atoms with Crippen molar-refractivity contribution in [3.63, 3.8) is 0 Å². The van der Waals surface area contributed by atoms with E-state index in [1.165, 1.54) is 0 Å². The Kier molecular flexibility index (Phi) is 7.87. The number of hydrogen-bond acceptors (Lipinski definition) is 7. The molecule has 1 amide bonds. The standard InChI is InChI=1S/C29H39FN6O3/c1-5-18(2)36-15-23(27(38)33-19-7-10-39-11-8-19)22-14-32-21(13-25(22)36)12-20-6-9-31-28(34-20)35-16-24(30)26(37)29(3,4)17-35/h6,9,13-15,18-19,24,26,37H,5,7-8,10-12,16-17H2,1-4H3,(H,33,38)/t18?,24-,26-/m1/s1. The van der Waals surface area contributed by atoms with Crippen LogP contribution in [0.3, 0.4) is 0 Å². The van der Waals surface area contributed by atoms with E-state index in [1.807, 2.05) is 32.2 Å². The minimum atomic E-state index is -1.36. The number of ether oxygens (including phenoxy) is 1. The first-order valence-electron chi connectivity index (χ1n) is 13.9. The second-order valence-corrected chi connectivity index (χ2v) is 11.6. The molecule has 0 bridgehead atoms. The van der Waals surface area contributed by atoms with Crippen LogP contribution in [0.25, 0.3) is 10.9 Å². The summed E-state index contributed by atoms with van der Waals surface area (Å²) in [6.45, 7) is 9.83. The maximum Gasteiger partial charge on any atom is 0.253 e. The highest BCUT2D eigenvalue weighted by atomic mass is 19.1. The molecule has 1 unspecified atom stereocenters. The number of amides is 1. The van der Waals surface area contributed by atoms with Crippen LogP contribution >= 0.6 is 0 Å². The number of fused-ring (bicyclic) bond motifs is 1. The van der Waals surface area contributed by atoms with Gasteiger partial charge in [-0.15, -0.1) is 0 Å². The lowest BCUT2D eigenvalue weighted by Crippen LogP contribution is -2.55. The Balaban J connectivity index is 1.40. The number of piperidine rings is 1. The Hall–Kier alpha value is -3.11. The molecule has 2 N–H and O–H groups in total. The number of pyridine rings is 1. The molecule has 0 aromatic carbocycles. The number of nitrogens with zero attached hydrogens (tertiary/aromatic N) is 5. The summed E-state index contributed by atoms with van der Waals surface area (Å²) >= 11 is 0. The van der Waals surface area contributed by atoms with Crippen LogP contribution in [0.2, 0.25) is 0 Å². The van der Waals surface area contributed by atoms with Crippen LogP contribution in [-0.4, -0.2) is 75.2 Å². The minimum absolute atomic E-state index is 0.0550. The molecular weight excluding hydrogens is 499 g/mol. The fourth-order valence-electron chi connectivity index (χ4n) is 5.55. The molecule has 10 heteroatoms. The lowest BCUT2D eigenvalue weighted by molar-refractivity contribution is -0.0257. The smallest absolute Gasteiger partial charge is 0.253 e. The van der Waals surface area contributed by atoms with Crippen LogP contribution in [0.15, 0.2) is 30.7 Å². The Morgan fingerprint density at radius 1 is 1.28 bits per heavy atom. The molecule has 39 heavy (non-hydrogen) atoms. The molecule has 0 spiro atoms. The molecule has 0 radical (unpaired) electrons. The molecular formula is C29H39FN6O3. The van der Waals surface area contributed by atoms with Crippen LogP contribution in [-0.2, 0) is 11.2 Å². The highest BCUT2D eigenvalue weighted by Gasteiger charge is 2.42. The number of nitrogens with one attached hydrogen (secondary N) is 1. The second-order valence-electron chi connectivity index (χ2n) is 11.6. The predicted octanol–water partition coefficient (Wildman–Crippen LogP) is 3.84. The zero-order chi connectivity index (χ0) is 27.7. The van der Waals surface area contributed by atoms with E-state index in [1.54, 1.807) is 17.3 Å². The zero-order valence-electron chi connectivity index (χ0n) is 23.2. The number of carbonyl (C=O) groups is 1. The minimum Gasteiger partial charge on any atom is -0.389 e. The summed E-state index contributed by atoms with van der Waals surface area (Å²) in [6.07, 6.45) is 6.07. The van der Waals surface area contributed by atoms with Gasteiger partial charge in [-0.05, 0) is 38.3 Å². The van der Waals surface area contributed by atoms with Crippen molar-refractivity contribution in [2.75, 3.05) is 31.2 Å². The van der Waals surface area contributed by atoms with Crippen molar-refractivity contribution in [3.8, 4) is 0 Å². The van der Waals surface area contributed by atoms with Gasteiger partial charge in [0.1, 0.15) is 6.17 Å². The van der Waals surface area contributed by atoms with E-state index in [9.17, 15) is 14.3 Å². The number of aromatic nitrogens is 4. The largest absolute Gasteiger partial charge is 0.389 e. The first-order chi connectivity index (χ1) is 18.7. The molecule has 2 aliphatic rings. The zero-order valence-corrected chi connectivity index (χ0v) is 23.2. The van der Waals surface area contributed by atoms with Crippen LogP contribution in [0.4, 0.5) is 10.3 Å². The van der Waals surface area contributed by atoms with Crippen molar-refractivity contribution < 1.29 is 19.0 Å². The van der Waals surface area contributed by atoms with Crippen molar-refractivity contribution in [2.45, 2.75) is 77.7 Å². The van der Waals surface area contributed by atoms with Crippen LogP contribution in [0.1, 0.15) is 74.7 Å². The van der Waals surface area contributed by atoms with E-state index in [-0.39, 0.29) is 24.5 Å². The first-order valence-corrected chi connectivity index (χ1v) is 13.9. The SMILES string of the molecule is CCC(C)n1cc(C(=O)NC2CCOCC2)c2cnc(Cc3ccnc(N4C[C@@H](F)[C@@H](O)C(C)(C)C4)n3)cc21. The van der Waals surface area contributed by atoms with Crippen molar-refractivity contribution in [1.82, 2.24) is 24.8 Å². The first kappa shape index (κ1) is 27.5. The van der Waals surface area contributed by atoms with E-state index in [0.717, 1.165) is 41.6 Å². The van der Waals surface area contributed by atoms with Gasteiger partial charge in [-0.2, -0.15) is 0 Å². The average Bonchev–Trinajstić information content (AvgIpc) is 3.31. The predicted molar refractivity (Wildman–Crippen MR) is 148 cm³/mol. The lowest BCUT2D eigenvalue weighted by Gasteiger charge is -2.43. The number of aliphatic hydroxyl groups is 1. The van der Waals surface area contributed by atoms with Gasteiger partial charge >= 0.3 is 0 Å². The van der Waals surface area contributed by atoms with Crippen molar-refractivity contribution in [3.05, 3.63) is 47.7 Å². The summed E-state index contributed by atoms with van der Waals surface area (Å²) in [7, 11) is 0. The number of anilines is 1. The quantitative estimate of drug-likeness (QED) is 0.471. The van der Waals surface area contributed by atoms with E-state index < -0.39 is 17.7 Å². The molecule has 3 aromatic rings. The fraction of sp³-hybridized carbons (Fsp3) is 0.586. The van der Waals surface area contributed by atoms with E-state index in [0.29, 0.717) is 37.7 Å². The van der Waals surface area contributed by atoms with Gasteiger partial charge in [-0.3, -0.25) is 9.78 Å². The summed E-state index contributed by atoms with van der Waals surface area (Å²) in [6, 6.07) is 4.21. The fourth-order valence-corrected chi connectivity index (χ4v) is 5.55. The third kappa shape index (κ3) is 5.77. The van der Waals surface area contributed by atoms with Gasteiger partial charge in [0.05, 0.1) is 29.4 Å². The van der Waals surface area contributed by atoms with E-state index >= 15 is 0 Å². The number of aliphatic hydroxyl groups excluding tert-OH is 1. The van der Waals surface area contributed by atoms with Gasteiger partial charge in [0.15, 0.2) is 0 Å². The highest BCUT2D eigenvalue weighted by Crippen LogP contribution is 2.33. The monoisotopic (exact) mass is 538 g/mol. The molecule has 5 rings (SSSR count). The number of carbonyl (C=O) groups excluding carboxylic acids is 1. The number of rotatable bonds is 7. The Labute approximate surface area is 228 Å². The molecule has 3 atom stereocenters. The molecule has 2 saturated heterocycles. The number of hydrogen-bond donors (Lipinski definition) is 2. The van der Waals surface area contributed by atoms with Crippen molar-refractivity contribution in [1.29, 1.82) is 0 Å². The molecule has 9 nitrogen and oxygen atoms in total. The van der Waals surface area contributed by atoms with E-state index in [4.69, 9.17) is 14.7 Å². The molecule has 5 heterocycles. The van der Waals surface area contributed by atoms with Gasteiger partial charge in [-0.25, -0.2) is 14.4 Å². The van der Waals surface area contributed by atoms with Gasteiger partial charge in [0.25, 0.3) is 5.91 Å². The molecule has 2 aliphatic heterocycles. The highest BCUT2D eigenvalue weighted by molar-refractivity contribution is 6.07. The Morgan fingerprint density at radius 2 is 2.05 bits per heavy atom. The summed E-state index contributed by atoms with van der Waals surface area (Å²) < 4.78 is 22.1. The van der Waals surface area contributed by atoms with Gasteiger partial charge < -0.3 is 24.6 Å². The summed E-state index contributed by atoms with van der Waals surface area (Å²) in [5, 5.41) is 14.2. The Bertz CT molecular complexity index is 1320. The number of halogens is 1. The van der Waals surface area contributed by atoms with E-state index in [2.05, 4.69) is 28.7 Å². The third-order valence-electron chi connectivity index (χ3n) is 8.12. The average molecular weight is 539 g/mol. The summed E-state index contributed by atoms with van der Waals surface area (Å²) in [5.41, 5.74) is 2.58. The van der Waals surface area contributed by atoms with Gasteiger partial charge in [0.2, 0.25) is 5.95 Å². The maximum atomic E-state index is 14.5. The third-order valence-corrected chi connectivity index (χ3v) is 8.12. The summed E-state index contributed by atoms with van der Waals surface area (Å²) in [5.74, 6) is 0.371.